The quantitative estimate of drug-likeness (QED) is 0.216. The zero-order valence-electron chi connectivity index (χ0n) is 15.4. The van der Waals surface area contributed by atoms with Crippen LogP contribution in [-0.2, 0) is 6.54 Å². The van der Waals surface area contributed by atoms with Crippen molar-refractivity contribution in [3.63, 3.8) is 0 Å². The third-order valence-corrected chi connectivity index (χ3v) is 5.34. The highest BCUT2D eigenvalue weighted by molar-refractivity contribution is 7.13. The minimum atomic E-state index is -0.363. The largest absolute Gasteiger partial charge is 0.339 e. The van der Waals surface area contributed by atoms with Gasteiger partial charge in [0.15, 0.2) is 0 Å². The van der Waals surface area contributed by atoms with E-state index in [0.717, 1.165) is 35.0 Å². The Morgan fingerprint density at radius 2 is 1.78 bits per heavy atom. The minimum Gasteiger partial charge on any atom is -0.258 e. The molecule has 0 unspecified atom stereocenters. The number of non-ortho nitro benzene ring substituents is 1. The van der Waals surface area contributed by atoms with Gasteiger partial charge in [0, 0.05) is 23.1 Å². The molecule has 0 spiro atoms. The Hall–Kier alpha value is -2.73. The van der Waals surface area contributed by atoms with Crippen molar-refractivity contribution in [3.05, 3.63) is 70.1 Å². The number of rotatable bonds is 9. The van der Waals surface area contributed by atoms with Crippen LogP contribution in [0.3, 0.4) is 0 Å². The monoisotopic (exact) mass is 382 g/mol. The highest BCUT2D eigenvalue weighted by atomic mass is 32.1. The fourth-order valence-corrected chi connectivity index (χ4v) is 3.97. The molecule has 0 fully saturated rings. The second-order valence-electron chi connectivity index (χ2n) is 6.43. The number of aromatic nitrogens is 1. The normalized spacial score (nSPS) is 10.7. The Morgan fingerprint density at radius 3 is 2.44 bits per heavy atom. The standard InChI is InChI=1S/C21H23N3O2S/c1-2-3-4-8-15-23-20(17-11-13-19(14-12-17)24(25)26)16-27-21(23)22-18-9-6-5-7-10-18/h5-7,9-14,16H,2-4,8,15H2,1H3/p+1. The molecule has 6 heteroatoms. The first-order chi connectivity index (χ1) is 13.2. The van der Waals surface area contributed by atoms with Crippen LogP contribution in [0.4, 0.5) is 16.5 Å². The predicted molar refractivity (Wildman–Crippen MR) is 110 cm³/mol. The number of nitro benzene ring substituents is 1. The molecule has 0 saturated heterocycles. The lowest BCUT2D eigenvalue weighted by Gasteiger charge is -2.06. The van der Waals surface area contributed by atoms with Crippen molar-refractivity contribution in [1.82, 2.24) is 0 Å². The van der Waals surface area contributed by atoms with Gasteiger partial charge in [0.05, 0.1) is 11.5 Å². The number of nitrogens with zero attached hydrogens (tertiary/aromatic N) is 2. The molecule has 2 aromatic carbocycles. The van der Waals surface area contributed by atoms with Crippen molar-refractivity contribution < 1.29 is 9.49 Å². The molecule has 3 aromatic rings. The Bertz CT molecular complexity index is 876. The molecule has 5 nitrogen and oxygen atoms in total. The van der Waals surface area contributed by atoms with Crippen LogP contribution in [0, 0.1) is 10.1 Å². The molecule has 27 heavy (non-hydrogen) atoms. The van der Waals surface area contributed by atoms with Gasteiger partial charge in [-0.15, -0.1) is 0 Å². The summed E-state index contributed by atoms with van der Waals surface area (Å²) in [7, 11) is 0. The molecule has 1 heterocycles. The lowest BCUT2D eigenvalue weighted by Crippen LogP contribution is -2.36. The number of thiazole rings is 1. The molecule has 0 atom stereocenters. The first-order valence-corrected chi connectivity index (χ1v) is 10.1. The van der Waals surface area contributed by atoms with Gasteiger partial charge in [-0.1, -0.05) is 49.3 Å². The van der Waals surface area contributed by atoms with E-state index in [2.05, 4.69) is 22.2 Å². The first kappa shape index (κ1) is 19.0. The average molecular weight is 383 g/mol. The van der Waals surface area contributed by atoms with E-state index < -0.39 is 0 Å². The molecule has 140 valence electrons. The number of unbranched alkanes of at least 4 members (excludes halogenated alkanes) is 3. The van der Waals surface area contributed by atoms with E-state index in [1.54, 1.807) is 23.5 Å². The van der Waals surface area contributed by atoms with Gasteiger partial charge in [-0.25, -0.2) is 9.88 Å². The van der Waals surface area contributed by atoms with Gasteiger partial charge in [0.1, 0.15) is 11.4 Å². The first-order valence-electron chi connectivity index (χ1n) is 9.27. The summed E-state index contributed by atoms with van der Waals surface area (Å²) in [4.78, 5) is 10.6. The van der Waals surface area contributed by atoms with Gasteiger partial charge in [-0.3, -0.25) is 10.1 Å². The Morgan fingerprint density at radius 1 is 1.04 bits per heavy atom. The number of hydrogen-bond acceptors (Lipinski definition) is 4. The SMILES string of the molecule is CCCCCC[n+]1c(-c2ccc([N+](=O)[O-])cc2)csc1Nc1ccccc1. The lowest BCUT2D eigenvalue weighted by atomic mass is 10.1. The molecule has 1 aromatic heterocycles. The van der Waals surface area contributed by atoms with E-state index in [0.29, 0.717) is 0 Å². The summed E-state index contributed by atoms with van der Waals surface area (Å²) in [5.74, 6) is 0. The van der Waals surface area contributed by atoms with E-state index in [1.807, 2.05) is 42.5 Å². The number of para-hydroxylation sites is 1. The Kier molecular flexibility index (Phi) is 6.54. The van der Waals surface area contributed by atoms with Crippen LogP contribution in [-0.4, -0.2) is 4.92 Å². The van der Waals surface area contributed by atoms with Crippen LogP contribution in [0.25, 0.3) is 11.3 Å². The summed E-state index contributed by atoms with van der Waals surface area (Å²) in [6, 6.07) is 16.9. The number of anilines is 2. The zero-order valence-corrected chi connectivity index (χ0v) is 16.2. The summed E-state index contributed by atoms with van der Waals surface area (Å²) >= 11 is 1.66. The number of hydrogen-bond donors (Lipinski definition) is 1. The molecule has 1 N–H and O–H groups in total. The van der Waals surface area contributed by atoms with Crippen LogP contribution in [0.2, 0.25) is 0 Å². The molecule has 0 aliphatic rings. The van der Waals surface area contributed by atoms with Crippen LogP contribution >= 0.6 is 11.3 Å². The minimum absolute atomic E-state index is 0.117. The third-order valence-electron chi connectivity index (χ3n) is 4.45. The molecular formula is C21H24N3O2S+. The number of nitrogens with one attached hydrogen (secondary N) is 1. The van der Waals surface area contributed by atoms with Gasteiger partial charge in [0.25, 0.3) is 5.69 Å². The molecule has 0 amide bonds. The second-order valence-corrected chi connectivity index (χ2v) is 7.29. The van der Waals surface area contributed by atoms with Crippen molar-refractivity contribution in [3.8, 4) is 11.3 Å². The van der Waals surface area contributed by atoms with Crippen molar-refractivity contribution in [2.24, 2.45) is 0 Å². The molecule has 0 radical (unpaired) electrons. The smallest absolute Gasteiger partial charge is 0.258 e. The van der Waals surface area contributed by atoms with Crippen LogP contribution in [0.1, 0.15) is 32.6 Å². The maximum absolute atomic E-state index is 10.9. The van der Waals surface area contributed by atoms with E-state index in [-0.39, 0.29) is 10.6 Å². The summed E-state index contributed by atoms with van der Waals surface area (Å²) in [5, 5.41) is 17.6. The summed E-state index contributed by atoms with van der Waals surface area (Å²) in [5.41, 5.74) is 3.25. The van der Waals surface area contributed by atoms with E-state index >= 15 is 0 Å². The van der Waals surface area contributed by atoms with E-state index in [4.69, 9.17) is 0 Å². The van der Waals surface area contributed by atoms with Crippen LogP contribution in [0.5, 0.6) is 0 Å². The van der Waals surface area contributed by atoms with Crippen LogP contribution < -0.4 is 9.88 Å². The van der Waals surface area contributed by atoms with E-state index in [9.17, 15) is 10.1 Å². The fraction of sp³-hybridized carbons (Fsp3) is 0.286. The topological polar surface area (TPSA) is 59.0 Å². The molecule has 0 saturated carbocycles. The summed E-state index contributed by atoms with van der Waals surface area (Å²) in [6.45, 7) is 3.13. The Balaban J connectivity index is 1.88. The van der Waals surface area contributed by atoms with Crippen molar-refractivity contribution in [1.29, 1.82) is 0 Å². The molecule has 0 aliphatic heterocycles. The van der Waals surface area contributed by atoms with Gasteiger partial charge < -0.3 is 0 Å². The lowest BCUT2D eigenvalue weighted by molar-refractivity contribution is -0.668. The summed E-state index contributed by atoms with van der Waals surface area (Å²) in [6.07, 6.45) is 4.75. The molecule has 3 rings (SSSR count). The molecule has 0 aliphatic carbocycles. The predicted octanol–water partition coefficient (Wildman–Crippen LogP) is 5.93. The number of benzene rings is 2. The maximum atomic E-state index is 10.9. The van der Waals surface area contributed by atoms with Gasteiger partial charge in [-0.05, 0) is 37.1 Å². The summed E-state index contributed by atoms with van der Waals surface area (Å²) < 4.78 is 2.29. The van der Waals surface area contributed by atoms with Crippen molar-refractivity contribution >= 4 is 27.8 Å². The van der Waals surface area contributed by atoms with Gasteiger partial charge in [-0.2, -0.15) is 0 Å². The van der Waals surface area contributed by atoms with Gasteiger partial charge >= 0.3 is 5.13 Å². The Labute approximate surface area is 163 Å². The zero-order chi connectivity index (χ0) is 19.1. The molecular weight excluding hydrogens is 358 g/mol. The number of nitro groups is 1. The van der Waals surface area contributed by atoms with Crippen molar-refractivity contribution in [2.45, 2.75) is 39.2 Å². The third kappa shape index (κ3) is 4.92. The highest BCUT2D eigenvalue weighted by Gasteiger charge is 2.20. The fourth-order valence-electron chi connectivity index (χ4n) is 2.99. The average Bonchev–Trinajstić information content (AvgIpc) is 3.08. The van der Waals surface area contributed by atoms with E-state index in [1.165, 1.54) is 19.3 Å². The van der Waals surface area contributed by atoms with Gasteiger partial charge in [0.2, 0.25) is 0 Å². The maximum Gasteiger partial charge on any atom is 0.339 e. The molecule has 0 bridgehead atoms. The highest BCUT2D eigenvalue weighted by Crippen LogP contribution is 2.27. The van der Waals surface area contributed by atoms with Crippen molar-refractivity contribution in [2.75, 3.05) is 5.32 Å². The second kappa shape index (κ2) is 9.28. The van der Waals surface area contributed by atoms with Crippen LogP contribution in [0.15, 0.2) is 60.0 Å².